The Morgan fingerprint density at radius 2 is 1.96 bits per heavy atom. The molecule has 3 rings (SSSR count). The maximum Gasteiger partial charge on any atom is 0.251 e. The van der Waals surface area contributed by atoms with Crippen LogP contribution in [-0.2, 0) is 16.0 Å². The molecule has 28 heavy (non-hydrogen) atoms. The van der Waals surface area contributed by atoms with Crippen molar-refractivity contribution in [3.8, 4) is 0 Å². The average molecular weight is 384 g/mol. The molecule has 1 aliphatic rings. The molecule has 1 aromatic heterocycles. The molecule has 1 aromatic carbocycles. The first-order chi connectivity index (χ1) is 13.6. The zero-order valence-electron chi connectivity index (χ0n) is 16.6. The Hall–Kier alpha value is -2.70. The highest BCUT2D eigenvalue weighted by molar-refractivity contribution is 5.78. The number of amides is 2. The number of carbonyl (C=O) groups excluding carboxylic acids is 2. The molecule has 1 atom stereocenters. The maximum absolute atomic E-state index is 12.8. The minimum atomic E-state index is -0.380. The maximum atomic E-state index is 12.8. The van der Waals surface area contributed by atoms with Crippen LogP contribution in [0.2, 0.25) is 0 Å². The van der Waals surface area contributed by atoms with Gasteiger partial charge in [-0.15, -0.1) is 0 Å². The third-order valence-electron chi connectivity index (χ3n) is 5.10. The summed E-state index contributed by atoms with van der Waals surface area (Å²) in [5.41, 5.74) is 1.24. The van der Waals surface area contributed by atoms with Crippen LogP contribution in [0.3, 0.4) is 0 Å². The van der Waals surface area contributed by atoms with Crippen molar-refractivity contribution in [2.24, 2.45) is 0 Å². The summed E-state index contributed by atoms with van der Waals surface area (Å²) in [4.78, 5) is 33.2. The number of rotatable bonds is 6. The first-order valence-electron chi connectivity index (χ1n) is 10.00. The molecule has 1 saturated heterocycles. The molecule has 2 aromatic rings. The van der Waals surface area contributed by atoms with E-state index in [1.54, 1.807) is 11.8 Å². The van der Waals surface area contributed by atoms with E-state index in [1.165, 1.54) is 5.56 Å². The van der Waals surface area contributed by atoms with Gasteiger partial charge in [-0.2, -0.15) is 4.98 Å². The van der Waals surface area contributed by atoms with Gasteiger partial charge in [0.25, 0.3) is 5.89 Å². The van der Waals surface area contributed by atoms with Gasteiger partial charge in [0.05, 0.1) is 6.54 Å². The van der Waals surface area contributed by atoms with Crippen molar-refractivity contribution in [1.82, 2.24) is 19.9 Å². The van der Waals surface area contributed by atoms with Gasteiger partial charge >= 0.3 is 0 Å². The second-order valence-electron chi connectivity index (χ2n) is 7.17. The van der Waals surface area contributed by atoms with E-state index in [1.807, 2.05) is 30.0 Å². The Labute approximate surface area is 165 Å². The summed E-state index contributed by atoms with van der Waals surface area (Å²) >= 11 is 0. The van der Waals surface area contributed by atoms with E-state index in [-0.39, 0.29) is 17.9 Å². The summed E-state index contributed by atoms with van der Waals surface area (Å²) in [5.74, 6) is 1.09. The lowest BCUT2D eigenvalue weighted by Gasteiger charge is -2.29. The van der Waals surface area contributed by atoms with Crippen LogP contribution in [0.5, 0.6) is 0 Å². The normalized spacial score (nSPS) is 17.4. The molecule has 7 heteroatoms. The summed E-state index contributed by atoms with van der Waals surface area (Å²) < 4.78 is 5.36. The Kier molecular flexibility index (Phi) is 6.79. The monoisotopic (exact) mass is 384 g/mol. The molecule has 0 saturated carbocycles. The number of carbonyl (C=O) groups is 2. The van der Waals surface area contributed by atoms with Crippen LogP contribution in [0.15, 0.2) is 34.9 Å². The number of nitrogens with zero attached hydrogens (tertiary/aromatic N) is 4. The second kappa shape index (κ2) is 9.48. The Balaban J connectivity index is 1.66. The molecule has 0 N–H and O–H groups in total. The Bertz CT molecular complexity index is 790. The highest BCUT2D eigenvalue weighted by Crippen LogP contribution is 2.25. The third kappa shape index (κ3) is 4.97. The van der Waals surface area contributed by atoms with E-state index in [9.17, 15) is 9.59 Å². The summed E-state index contributed by atoms with van der Waals surface area (Å²) in [6.45, 7) is 5.23. The minimum Gasteiger partial charge on any atom is -0.340 e. The van der Waals surface area contributed by atoms with Crippen LogP contribution in [0.1, 0.15) is 55.9 Å². The molecule has 0 bridgehead atoms. The van der Waals surface area contributed by atoms with Gasteiger partial charge in [0.15, 0.2) is 5.82 Å². The van der Waals surface area contributed by atoms with Crippen LogP contribution in [-0.4, -0.2) is 51.4 Å². The molecule has 1 unspecified atom stereocenters. The van der Waals surface area contributed by atoms with Gasteiger partial charge in [0.2, 0.25) is 11.8 Å². The van der Waals surface area contributed by atoms with E-state index in [4.69, 9.17) is 4.52 Å². The molecule has 150 valence electrons. The third-order valence-corrected chi connectivity index (χ3v) is 5.10. The summed E-state index contributed by atoms with van der Waals surface area (Å²) in [5, 5.41) is 3.87. The standard InChI is InChI=1S/C21H28N4O3/c1-3-19(26)25-14-8-13-24(15-18(25)21-22-16(2)23-28-21)20(27)12-7-11-17-9-5-4-6-10-17/h4-6,9-10,18H,3,7-8,11-15H2,1-2H3. The van der Waals surface area contributed by atoms with Crippen molar-refractivity contribution in [3.05, 3.63) is 47.6 Å². The number of hydrogen-bond acceptors (Lipinski definition) is 5. The van der Waals surface area contributed by atoms with Crippen LogP contribution in [0.4, 0.5) is 0 Å². The van der Waals surface area contributed by atoms with E-state index in [0.29, 0.717) is 44.2 Å². The highest BCUT2D eigenvalue weighted by atomic mass is 16.5. The molecule has 1 aliphatic heterocycles. The van der Waals surface area contributed by atoms with Crippen molar-refractivity contribution >= 4 is 11.8 Å². The van der Waals surface area contributed by atoms with Gasteiger partial charge in [0.1, 0.15) is 6.04 Å². The number of aryl methyl sites for hydroxylation is 2. The number of hydrogen-bond donors (Lipinski definition) is 0. The summed E-state index contributed by atoms with van der Waals surface area (Å²) in [7, 11) is 0. The minimum absolute atomic E-state index is 0.0410. The van der Waals surface area contributed by atoms with Gasteiger partial charge in [0, 0.05) is 25.9 Å². The van der Waals surface area contributed by atoms with Gasteiger partial charge in [-0.1, -0.05) is 42.4 Å². The van der Waals surface area contributed by atoms with Crippen molar-refractivity contribution in [3.63, 3.8) is 0 Å². The molecule has 0 spiro atoms. The molecule has 1 fully saturated rings. The Morgan fingerprint density at radius 3 is 2.64 bits per heavy atom. The molecule has 7 nitrogen and oxygen atoms in total. The van der Waals surface area contributed by atoms with Crippen LogP contribution in [0, 0.1) is 6.92 Å². The smallest absolute Gasteiger partial charge is 0.251 e. The zero-order valence-corrected chi connectivity index (χ0v) is 16.6. The topological polar surface area (TPSA) is 79.5 Å². The summed E-state index contributed by atoms with van der Waals surface area (Å²) in [6, 6.07) is 9.81. The van der Waals surface area contributed by atoms with Crippen molar-refractivity contribution < 1.29 is 14.1 Å². The van der Waals surface area contributed by atoms with Crippen molar-refractivity contribution in [1.29, 1.82) is 0 Å². The second-order valence-corrected chi connectivity index (χ2v) is 7.17. The number of benzene rings is 1. The molecule has 2 amide bonds. The lowest BCUT2D eigenvalue weighted by molar-refractivity contribution is -0.136. The molecular formula is C21H28N4O3. The molecular weight excluding hydrogens is 356 g/mol. The van der Waals surface area contributed by atoms with E-state index >= 15 is 0 Å². The first kappa shape index (κ1) is 20.0. The molecule has 0 radical (unpaired) electrons. The van der Waals surface area contributed by atoms with Gasteiger partial charge < -0.3 is 14.3 Å². The lowest BCUT2D eigenvalue weighted by Crippen LogP contribution is -2.40. The van der Waals surface area contributed by atoms with E-state index < -0.39 is 0 Å². The predicted octanol–water partition coefficient (Wildman–Crippen LogP) is 2.91. The SMILES string of the molecule is CCC(=O)N1CCCN(C(=O)CCCc2ccccc2)CC1c1nc(C)no1. The van der Waals surface area contributed by atoms with Gasteiger partial charge in [-0.3, -0.25) is 9.59 Å². The molecule has 2 heterocycles. The van der Waals surface area contributed by atoms with Crippen molar-refractivity contribution in [2.45, 2.75) is 52.0 Å². The van der Waals surface area contributed by atoms with Gasteiger partial charge in [-0.25, -0.2) is 0 Å². The summed E-state index contributed by atoms with van der Waals surface area (Å²) in [6.07, 6.45) is 3.34. The van der Waals surface area contributed by atoms with Crippen molar-refractivity contribution in [2.75, 3.05) is 19.6 Å². The van der Waals surface area contributed by atoms with Crippen LogP contribution < -0.4 is 0 Å². The number of aromatic nitrogens is 2. The zero-order chi connectivity index (χ0) is 19.9. The fraction of sp³-hybridized carbons (Fsp3) is 0.524. The fourth-order valence-corrected chi connectivity index (χ4v) is 3.62. The van der Waals surface area contributed by atoms with Gasteiger partial charge in [-0.05, 0) is 31.7 Å². The highest BCUT2D eigenvalue weighted by Gasteiger charge is 2.34. The Morgan fingerprint density at radius 1 is 1.18 bits per heavy atom. The van der Waals surface area contributed by atoms with E-state index in [0.717, 1.165) is 19.3 Å². The van der Waals surface area contributed by atoms with Crippen LogP contribution in [0.25, 0.3) is 0 Å². The predicted molar refractivity (Wildman–Crippen MR) is 104 cm³/mol. The van der Waals surface area contributed by atoms with E-state index in [2.05, 4.69) is 22.3 Å². The molecule has 0 aliphatic carbocycles. The quantitative estimate of drug-likeness (QED) is 0.765. The van der Waals surface area contributed by atoms with Crippen LogP contribution >= 0.6 is 0 Å². The fourth-order valence-electron chi connectivity index (χ4n) is 3.62. The largest absolute Gasteiger partial charge is 0.340 e. The first-order valence-corrected chi connectivity index (χ1v) is 10.00. The lowest BCUT2D eigenvalue weighted by atomic mass is 10.1. The average Bonchev–Trinajstić information content (AvgIpc) is 3.01.